The molecule has 106 valence electrons. The number of halogens is 3. The molecule has 0 radical (unpaired) electrons. The van der Waals surface area contributed by atoms with Gasteiger partial charge in [-0.2, -0.15) is 0 Å². The minimum absolute atomic E-state index is 0.0755. The smallest absolute Gasteiger partial charge is 0.341 e. The van der Waals surface area contributed by atoms with Crippen LogP contribution in [0.25, 0.3) is 10.9 Å². The van der Waals surface area contributed by atoms with Crippen LogP contribution in [0.2, 0.25) is 10.2 Å². The molecule has 2 aromatic rings. The molecule has 0 N–H and O–H groups in total. The molecule has 0 saturated heterocycles. The number of aryl methyl sites for hydroxylation is 1. The van der Waals surface area contributed by atoms with E-state index in [1.807, 2.05) is 13.0 Å². The summed E-state index contributed by atoms with van der Waals surface area (Å²) in [5.74, 6) is -0.385. The molecule has 0 bridgehead atoms. The molecule has 20 heavy (non-hydrogen) atoms. The molecular formula is C14H12Cl3NO2. The van der Waals surface area contributed by atoms with E-state index in [0.29, 0.717) is 16.1 Å². The molecule has 0 aliphatic rings. The average molecular weight is 333 g/mol. The van der Waals surface area contributed by atoms with E-state index in [1.54, 1.807) is 13.0 Å². The summed E-state index contributed by atoms with van der Waals surface area (Å²) in [5.41, 5.74) is 2.32. The van der Waals surface area contributed by atoms with E-state index in [1.165, 1.54) is 0 Å². The van der Waals surface area contributed by atoms with Crippen LogP contribution < -0.4 is 0 Å². The summed E-state index contributed by atoms with van der Waals surface area (Å²) in [4.78, 5) is 16.2. The number of pyridine rings is 1. The van der Waals surface area contributed by atoms with Gasteiger partial charge in [0.25, 0.3) is 0 Å². The summed E-state index contributed by atoms with van der Waals surface area (Å²) in [6, 6.07) is 3.56. The number of hydrogen-bond acceptors (Lipinski definition) is 3. The highest BCUT2D eigenvalue weighted by Gasteiger charge is 2.21. The third kappa shape index (κ3) is 2.71. The second kappa shape index (κ2) is 6.17. The first-order valence-corrected chi connectivity index (χ1v) is 7.30. The number of aromatic nitrogens is 1. The van der Waals surface area contributed by atoms with Gasteiger partial charge in [0.05, 0.1) is 12.1 Å². The molecule has 0 aliphatic carbocycles. The fourth-order valence-electron chi connectivity index (χ4n) is 1.98. The van der Waals surface area contributed by atoms with E-state index >= 15 is 0 Å². The number of benzene rings is 1. The Morgan fingerprint density at radius 2 is 2.05 bits per heavy atom. The van der Waals surface area contributed by atoms with Gasteiger partial charge in [0.1, 0.15) is 10.7 Å². The fraction of sp³-hybridized carbons (Fsp3) is 0.286. The zero-order chi connectivity index (χ0) is 14.9. The van der Waals surface area contributed by atoms with E-state index in [4.69, 9.17) is 39.5 Å². The Morgan fingerprint density at radius 3 is 2.65 bits per heavy atom. The number of carbonyl (C=O) groups excluding carboxylic acids is 1. The fourth-order valence-corrected chi connectivity index (χ4v) is 2.69. The normalized spacial score (nSPS) is 10.8. The number of alkyl halides is 1. The van der Waals surface area contributed by atoms with Crippen molar-refractivity contribution < 1.29 is 9.53 Å². The Labute approximate surface area is 131 Å². The van der Waals surface area contributed by atoms with Crippen LogP contribution in [0.1, 0.15) is 28.4 Å². The van der Waals surface area contributed by atoms with Crippen LogP contribution in [-0.2, 0) is 10.6 Å². The summed E-state index contributed by atoms with van der Waals surface area (Å²) in [5, 5.41) is 1.42. The van der Waals surface area contributed by atoms with Gasteiger partial charge in [-0.25, -0.2) is 9.78 Å². The van der Waals surface area contributed by atoms with Gasteiger partial charge in [-0.15, -0.1) is 11.6 Å². The van der Waals surface area contributed by atoms with Gasteiger partial charge >= 0.3 is 5.97 Å². The molecule has 0 atom stereocenters. The predicted octanol–water partition coefficient (Wildman–Crippen LogP) is 4.77. The zero-order valence-corrected chi connectivity index (χ0v) is 13.2. The maximum atomic E-state index is 12.0. The molecule has 2 rings (SSSR count). The number of esters is 1. The quantitative estimate of drug-likeness (QED) is 0.462. The van der Waals surface area contributed by atoms with Crippen molar-refractivity contribution in [1.29, 1.82) is 0 Å². The highest BCUT2D eigenvalue weighted by atomic mass is 35.5. The molecule has 6 heteroatoms. The van der Waals surface area contributed by atoms with Crippen molar-refractivity contribution in [2.75, 3.05) is 6.61 Å². The second-order valence-corrected chi connectivity index (χ2v) is 5.26. The number of hydrogen-bond donors (Lipinski definition) is 0. The van der Waals surface area contributed by atoms with Crippen molar-refractivity contribution >= 4 is 51.7 Å². The first-order valence-electron chi connectivity index (χ1n) is 6.00. The molecule has 0 aliphatic heterocycles. The number of rotatable bonds is 3. The Morgan fingerprint density at radius 1 is 1.35 bits per heavy atom. The monoisotopic (exact) mass is 331 g/mol. The molecular weight excluding hydrogens is 321 g/mol. The lowest BCUT2D eigenvalue weighted by Gasteiger charge is -2.12. The topological polar surface area (TPSA) is 39.2 Å². The van der Waals surface area contributed by atoms with Gasteiger partial charge in [0, 0.05) is 16.3 Å². The SMILES string of the molecule is CCOC(=O)c1c(Cl)nc2cc(Cl)c(C)cc2c1CCl. The van der Waals surface area contributed by atoms with Crippen molar-refractivity contribution in [3.63, 3.8) is 0 Å². The Bertz CT molecular complexity index is 686. The maximum Gasteiger partial charge on any atom is 0.341 e. The predicted molar refractivity (Wildman–Crippen MR) is 82.0 cm³/mol. The Hall–Kier alpha value is -1.03. The maximum absolute atomic E-state index is 12.0. The molecule has 1 heterocycles. The zero-order valence-electron chi connectivity index (χ0n) is 11.0. The van der Waals surface area contributed by atoms with Crippen LogP contribution in [0.4, 0.5) is 0 Å². The van der Waals surface area contributed by atoms with Gasteiger partial charge in [0.2, 0.25) is 0 Å². The summed E-state index contributed by atoms with van der Waals surface area (Å²) < 4.78 is 5.01. The average Bonchev–Trinajstić information content (AvgIpc) is 2.39. The van der Waals surface area contributed by atoms with Crippen molar-refractivity contribution in [2.24, 2.45) is 0 Å². The van der Waals surface area contributed by atoms with Gasteiger partial charge in [-0.1, -0.05) is 23.2 Å². The summed E-state index contributed by atoms with van der Waals surface area (Å²) >= 11 is 18.2. The van der Waals surface area contributed by atoms with Crippen molar-refractivity contribution in [3.8, 4) is 0 Å². The van der Waals surface area contributed by atoms with E-state index in [0.717, 1.165) is 10.9 Å². The summed E-state index contributed by atoms with van der Waals surface area (Å²) in [6.07, 6.45) is 0. The standard InChI is InChI=1S/C14H12Cl3NO2/c1-3-20-14(19)12-9(6-15)8-4-7(2)10(16)5-11(8)18-13(12)17/h4-5H,3,6H2,1-2H3. The van der Waals surface area contributed by atoms with Crippen molar-refractivity contribution in [3.05, 3.63) is 39.0 Å². The molecule has 3 nitrogen and oxygen atoms in total. The molecule has 0 amide bonds. The van der Waals surface area contributed by atoms with Crippen LogP contribution in [0.3, 0.4) is 0 Å². The lowest BCUT2D eigenvalue weighted by atomic mass is 10.0. The molecule has 0 unspecified atom stereocenters. The lowest BCUT2D eigenvalue weighted by Crippen LogP contribution is -2.10. The van der Waals surface area contributed by atoms with Gasteiger partial charge < -0.3 is 4.74 Å². The van der Waals surface area contributed by atoms with E-state index < -0.39 is 5.97 Å². The first-order chi connectivity index (χ1) is 9.49. The van der Waals surface area contributed by atoms with Crippen LogP contribution in [0.5, 0.6) is 0 Å². The van der Waals surface area contributed by atoms with Gasteiger partial charge in [-0.3, -0.25) is 0 Å². The number of fused-ring (bicyclic) bond motifs is 1. The summed E-state index contributed by atoms with van der Waals surface area (Å²) in [6.45, 7) is 3.86. The molecule has 1 aromatic heterocycles. The van der Waals surface area contributed by atoms with Crippen LogP contribution in [0.15, 0.2) is 12.1 Å². The summed E-state index contributed by atoms with van der Waals surface area (Å²) in [7, 11) is 0. The Balaban J connectivity index is 2.79. The molecule has 0 fully saturated rings. The van der Waals surface area contributed by atoms with Crippen LogP contribution in [0, 0.1) is 6.92 Å². The van der Waals surface area contributed by atoms with E-state index in [9.17, 15) is 4.79 Å². The number of ether oxygens (including phenoxy) is 1. The van der Waals surface area contributed by atoms with Crippen molar-refractivity contribution in [2.45, 2.75) is 19.7 Å². The minimum atomic E-state index is -0.518. The van der Waals surface area contributed by atoms with Crippen LogP contribution >= 0.6 is 34.8 Å². The third-order valence-corrected chi connectivity index (χ3v) is 3.89. The number of carbonyl (C=O) groups is 1. The number of nitrogens with zero attached hydrogens (tertiary/aromatic N) is 1. The lowest BCUT2D eigenvalue weighted by molar-refractivity contribution is 0.0525. The van der Waals surface area contributed by atoms with E-state index in [2.05, 4.69) is 4.98 Å². The highest BCUT2D eigenvalue weighted by Crippen LogP contribution is 2.31. The highest BCUT2D eigenvalue weighted by molar-refractivity contribution is 6.34. The largest absolute Gasteiger partial charge is 0.462 e. The van der Waals surface area contributed by atoms with Crippen molar-refractivity contribution in [1.82, 2.24) is 4.98 Å². The third-order valence-electron chi connectivity index (χ3n) is 2.94. The molecule has 0 saturated carbocycles. The Kier molecular flexibility index (Phi) is 4.74. The van der Waals surface area contributed by atoms with E-state index in [-0.39, 0.29) is 23.2 Å². The van der Waals surface area contributed by atoms with Gasteiger partial charge in [0.15, 0.2) is 0 Å². The van der Waals surface area contributed by atoms with Crippen LogP contribution in [-0.4, -0.2) is 17.6 Å². The minimum Gasteiger partial charge on any atom is -0.462 e. The molecule has 1 aromatic carbocycles. The van der Waals surface area contributed by atoms with Gasteiger partial charge in [-0.05, 0) is 37.1 Å². The molecule has 0 spiro atoms. The second-order valence-electron chi connectivity index (χ2n) is 4.23. The first kappa shape index (κ1) is 15.4.